The van der Waals surface area contributed by atoms with Crippen molar-refractivity contribution >= 4 is 5.97 Å². The Labute approximate surface area is 125 Å². The fraction of sp³-hybridized carbons (Fsp3) is 0.800. The summed E-state index contributed by atoms with van der Waals surface area (Å²) in [5.41, 5.74) is 0. The van der Waals surface area contributed by atoms with Gasteiger partial charge in [0.1, 0.15) is 11.7 Å². The number of nitrogens with zero attached hydrogens (tertiary/aromatic N) is 4. The summed E-state index contributed by atoms with van der Waals surface area (Å²) >= 11 is 0. The van der Waals surface area contributed by atoms with E-state index in [1.54, 1.807) is 0 Å². The number of hydrogen-bond donors (Lipinski definition) is 1. The van der Waals surface area contributed by atoms with Crippen molar-refractivity contribution in [2.75, 3.05) is 19.6 Å². The fourth-order valence-electron chi connectivity index (χ4n) is 3.48. The highest BCUT2D eigenvalue weighted by molar-refractivity contribution is 5.75. The molecule has 0 aromatic carbocycles. The number of carbonyl (C=O) groups is 1. The monoisotopic (exact) mass is 292 g/mol. The van der Waals surface area contributed by atoms with Crippen LogP contribution in [0.25, 0.3) is 0 Å². The quantitative estimate of drug-likeness (QED) is 0.911. The van der Waals surface area contributed by atoms with E-state index in [2.05, 4.69) is 21.9 Å². The van der Waals surface area contributed by atoms with Gasteiger partial charge in [-0.15, -0.1) is 0 Å². The molecule has 3 rings (SSSR count). The van der Waals surface area contributed by atoms with Crippen molar-refractivity contribution in [3.8, 4) is 0 Å². The first-order chi connectivity index (χ1) is 10.2. The number of likely N-dealkylation sites (tertiary alicyclic amines) is 1. The number of aromatic nitrogens is 3. The van der Waals surface area contributed by atoms with Crippen molar-refractivity contribution < 1.29 is 9.90 Å². The maximum atomic E-state index is 11.3. The van der Waals surface area contributed by atoms with Crippen LogP contribution in [0.2, 0.25) is 0 Å². The summed E-state index contributed by atoms with van der Waals surface area (Å²) in [6.45, 7) is 6.46. The minimum atomic E-state index is -0.772. The summed E-state index contributed by atoms with van der Waals surface area (Å²) in [5.74, 6) is 0.900. The zero-order valence-electron chi connectivity index (χ0n) is 12.7. The lowest BCUT2D eigenvalue weighted by molar-refractivity contribution is -0.139. The molecule has 1 aromatic heterocycles. The van der Waals surface area contributed by atoms with Gasteiger partial charge in [-0.25, -0.2) is 9.67 Å². The first-order valence-corrected chi connectivity index (χ1v) is 8.06. The molecule has 116 valence electrons. The van der Waals surface area contributed by atoms with Gasteiger partial charge in [-0.05, 0) is 51.2 Å². The molecule has 6 nitrogen and oxygen atoms in total. The van der Waals surface area contributed by atoms with Gasteiger partial charge < -0.3 is 10.0 Å². The van der Waals surface area contributed by atoms with Gasteiger partial charge >= 0.3 is 5.97 Å². The standard InChI is InChI=1S/C15H24N4O2/c1-2-18-8-5-11(6-9-18)10-13-16-14-12(15(20)21)4-3-7-19(14)17-13/h11-12H,2-10H2,1H3,(H,20,21). The van der Waals surface area contributed by atoms with Gasteiger partial charge in [-0.2, -0.15) is 5.10 Å². The van der Waals surface area contributed by atoms with E-state index in [0.717, 1.165) is 44.8 Å². The van der Waals surface area contributed by atoms with Gasteiger partial charge in [0.15, 0.2) is 5.82 Å². The van der Waals surface area contributed by atoms with E-state index in [1.165, 1.54) is 12.8 Å². The van der Waals surface area contributed by atoms with E-state index < -0.39 is 11.9 Å². The second kappa shape index (κ2) is 6.13. The van der Waals surface area contributed by atoms with Gasteiger partial charge in [0, 0.05) is 13.0 Å². The van der Waals surface area contributed by atoms with Crippen LogP contribution in [0.4, 0.5) is 0 Å². The first kappa shape index (κ1) is 14.5. The first-order valence-electron chi connectivity index (χ1n) is 8.06. The summed E-state index contributed by atoms with van der Waals surface area (Å²) in [6.07, 6.45) is 4.84. The zero-order valence-corrected chi connectivity index (χ0v) is 12.7. The maximum Gasteiger partial charge on any atom is 0.314 e. The molecule has 2 aliphatic rings. The number of carboxylic acid groups (broad SMARTS) is 1. The topological polar surface area (TPSA) is 71.2 Å². The smallest absolute Gasteiger partial charge is 0.314 e. The molecule has 0 aliphatic carbocycles. The molecule has 0 amide bonds. The van der Waals surface area contributed by atoms with E-state index in [0.29, 0.717) is 18.2 Å². The number of hydrogen-bond acceptors (Lipinski definition) is 4. The number of aliphatic carboxylic acids is 1. The molecule has 1 N–H and O–H groups in total. The van der Waals surface area contributed by atoms with Crippen LogP contribution < -0.4 is 0 Å². The number of fused-ring (bicyclic) bond motifs is 1. The van der Waals surface area contributed by atoms with Crippen LogP contribution in [-0.4, -0.2) is 50.4 Å². The van der Waals surface area contributed by atoms with Crippen molar-refractivity contribution in [1.82, 2.24) is 19.7 Å². The Balaban J connectivity index is 1.66. The van der Waals surface area contributed by atoms with Crippen LogP contribution in [0, 0.1) is 5.92 Å². The van der Waals surface area contributed by atoms with E-state index in [9.17, 15) is 9.90 Å². The minimum absolute atomic E-state index is 0.470. The second-order valence-electron chi connectivity index (χ2n) is 6.22. The molecule has 6 heteroatoms. The molecular weight excluding hydrogens is 268 g/mol. The third-order valence-electron chi connectivity index (χ3n) is 4.84. The molecule has 2 aliphatic heterocycles. The van der Waals surface area contributed by atoms with Crippen LogP contribution in [0.3, 0.4) is 0 Å². The lowest BCUT2D eigenvalue weighted by Crippen LogP contribution is -2.34. The molecule has 3 heterocycles. The lowest BCUT2D eigenvalue weighted by atomic mass is 9.93. The van der Waals surface area contributed by atoms with Crippen molar-refractivity contribution in [1.29, 1.82) is 0 Å². The maximum absolute atomic E-state index is 11.3. The van der Waals surface area contributed by atoms with Crippen LogP contribution in [-0.2, 0) is 17.8 Å². The molecule has 0 saturated carbocycles. The second-order valence-corrected chi connectivity index (χ2v) is 6.22. The summed E-state index contributed by atoms with van der Waals surface area (Å²) in [7, 11) is 0. The highest BCUT2D eigenvalue weighted by Gasteiger charge is 2.30. The third-order valence-corrected chi connectivity index (χ3v) is 4.84. The Morgan fingerprint density at radius 2 is 2.05 bits per heavy atom. The number of rotatable bonds is 4. The molecule has 1 atom stereocenters. The van der Waals surface area contributed by atoms with Gasteiger partial charge in [-0.1, -0.05) is 6.92 Å². The Morgan fingerprint density at radius 3 is 2.71 bits per heavy atom. The molecule has 1 unspecified atom stereocenters. The largest absolute Gasteiger partial charge is 0.481 e. The van der Waals surface area contributed by atoms with E-state index >= 15 is 0 Å². The van der Waals surface area contributed by atoms with Crippen LogP contribution in [0.15, 0.2) is 0 Å². The summed E-state index contributed by atoms with van der Waals surface area (Å²) in [4.78, 5) is 18.3. The SMILES string of the molecule is CCN1CCC(Cc2nc3n(n2)CCCC3C(=O)O)CC1. The van der Waals surface area contributed by atoms with Gasteiger partial charge in [-0.3, -0.25) is 4.79 Å². The van der Waals surface area contributed by atoms with Crippen molar-refractivity contribution in [2.24, 2.45) is 5.92 Å². The predicted molar refractivity (Wildman–Crippen MR) is 78.2 cm³/mol. The summed E-state index contributed by atoms with van der Waals surface area (Å²) < 4.78 is 1.82. The molecule has 0 bridgehead atoms. The summed E-state index contributed by atoms with van der Waals surface area (Å²) in [6, 6.07) is 0. The van der Waals surface area contributed by atoms with Crippen LogP contribution in [0.5, 0.6) is 0 Å². The van der Waals surface area contributed by atoms with Crippen LogP contribution in [0.1, 0.15) is 50.2 Å². The van der Waals surface area contributed by atoms with Crippen molar-refractivity contribution in [2.45, 2.75) is 51.5 Å². The lowest BCUT2D eigenvalue weighted by Gasteiger charge is -2.30. The Hall–Kier alpha value is -1.43. The Kier molecular flexibility index (Phi) is 4.24. The molecule has 21 heavy (non-hydrogen) atoms. The highest BCUT2D eigenvalue weighted by Crippen LogP contribution is 2.27. The van der Waals surface area contributed by atoms with E-state index in [1.807, 2.05) is 4.68 Å². The fourth-order valence-corrected chi connectivity index (χ4v) is 3.48. The van der Waals surface area contributed by atoms with Crippen LogP contribution >= 0.6 is 0 Å². The Bertz CT molecular complexity index is 506. The van der Waals surface area contributed by atoms with Gasteiger partial charge in [0.25, 0.3) is 0 Å². The molecular formula is C15H24N4O2. The number of piperidine rings is 1. The summed E-state index contributed by atoms with van der Waals surface area (Å²) in [5, 5.41) is 13.8. The molecule has 1 fully saturated rings. The van der Waals surface area contributed by atoms with E-state index in [4.69, 9.17) is 0 Å². The zero-order chi connectivity index (χ0) is 14.8. The van der Waals surface area contributed by atoms with E-state index in [-0.39, 0.29) is 0 Å². The average molecular weight is 292 g/mol. The normalized spacial score (nSPS) is 24.0. The van der Waals surface area contributed by atoms with Crippen molar-refractivity contribution in [3.05, 3.63) is 11.6 Å². The van der Waals surface area contributed by atoms with Gasteiger partial charge in [0.2, 0.25) is 0 Å². The molecule has 1 saturated heterocycles. The van der Waals surface area contributed by atoms with Gasteiger partial charge in [0.05, 0.1) is 0 Å². The number of carboxylic acids is 1. The third kappa shape index (κ3) is 3.10. The average Bonchev–Trinajstić information content (AvgIpc) is 2.89. The predicted octanol–water partition coefficient (Wildman–Crippen LogP) is 1.51. The molecule has 0 spiro atoms. The molecule has 0 radical (unpaired) electrons. The van der Waals surface area contributed by atoms with Crippen molar-refractivity contribution in [3.63, 3.8) is 0 Å². The molecule has 1 aromatic rings. The minimum Gasteiger partial charge on any atom is -0.481 e. The number of aryl methyl sites for hydroxylation is 1. The highest BCUT2D eigenvalue weighted by atomic mass is 16.4. The Morgan fingerprint density at radius 1 is 1.29 bits per heavy atom.